The first kappa shape index (κ1) is 19.1. The van der Waals surface area contributed by atoms with Gasteiger partial charge in [-0.15, -0.1) is 0 Å². The summed E-state index contributed by atoms with van der Waals surface area (Å²) in [5.41, 5.74) is -0.585. The fourth-order valence-electron chi connectivity index (χ4n) is 2.72. The van der Waals surface area contributed by atoms with E-state index >= 15 is 0 Å². The Hall–Kier alpha value is -3.68. The summed E-state index contributed by atoms with van der Waals surface area (Å²) in [4.78, 5) is 38.2. The SMILES string of the molecule is CCNC(=O)c1nn(-c2cccc(OC)c2)c(=O)n(Cc2ccccc2)c1=O. The van der Waals surface area contributed by atoms with Crippen LogP contribution in [0.2, 0.25) is 0 Å². The Morgan fingerprint density at radius 1 is 1.11 bits per heavy atom. The summed E-state index contributed by atoms with van der Waals surface area (Å²) in [5, 5.41) is 6.60. The van der Waals surface area contributed by atoms with Gasteiger partial charge in [0, 0.05) is 12.6 Å². The first-order valence-corrected chi connectivity index (χ1v) is 8.76. The Balaban J connectivity index is 2.22. The van der Waals surface area contributed by atoms with Crippen molar-refractivity contribution in [3.05, 3.63) is 86.7 Å². The Morgan fingerprint density at radius 2 is 1.86 bits per heavy atom. The topological polar surface area (TPSA) is 95.2 Å². The van der Waals surface area contributed by atoms with Crippen molar-refractivity contribution in [2.75, 3.05) is 13.7 Å². The van der Waals surface area contributed by atoms with Crippen LogP contribution in [0.3, 0.4) is 0 Å². The van der Waals surface area contributed by atoms with Crippen LogP contribution in [-0.4, -0.2) is 33.9 Å². The van der Waals surface area contributed by atoms with E-state index in [1.807, 2.05) is 18.2 Å². The number of carbonyl (C=O) groups excluding carboxylic acids is 1. The second-order valence-electron chi connectivity index (χ2n) is 5.98. The lowest BCUT2D eigenvalue weighted by atomic mass is 10.2. The molecule has 0 fully saturated rings. The van der Waals surface area contributed by atoms with Gasteiger partial charge in [-0.3, -0.25) is 14.2 Å². The van der Waals surface area contributed by atoms with Gasteiger partial charge < -0.3 is 10.1 Å². The standard InChI is InChI=1S/C20H20N4O4/c1-3-21-18(25)17-19(26)23(13-14-8-5-4-6-9-14)20(27)24(22-17)15-10-7-11-16(12-15)28-2/h4-12H,3,13H2,1-2H3,(H,21,25). The number of aromatic nitrogens is 3. The number of methoxy groups -OCH3 is 1. The van der Waals surface area contributed by atoms with Gasteiger partial charge in [0.1, 0.15) is 5.75 Å². The number of nitrogens with zero attached hydrogens (tertiary/aromatic N) is 3. The molecule has 1 amide bonds. The molecule has 1 aromatic heterocycles. The maximum absolute atomic E-state index is 13.0. The van der Waals surface area contributed by atoms with Crippen LogP contribution in [0.5, 0.6) is 5.75 Å². The average Bonchev–Trinajstić information content (AvgIpc) is 2.72. The van der Waals surface area contributed by atoms with Crippen LogP contribution >= 0.6 is 0 Å². The highest BCUT2D eigenvalue weighted by Gasteiger charge is 2.20. The van der Waals surface area contributed by atoms with Crippen molar-refractivity contribution in [2.24, 2.45) is 0 Å². The number of nitrogens with one attached hydrogen (secondary N) is 1. The summed E-state index contributed by atoms with van der Waals surface area (Å²) in [7, 11) is 1.51. The number of benzene rings is 2. The van der Waals surface area contributed by atoms with Crippen LogP contribution in [0, 0.1) is 0 Å². The van der Waals surface area contributed by atoms with Crippen molar-refractivity contribution in [1.82, 2.24) is 19.7 Å². The maximum Gasteiger partial charge on any atom is 0.352 e. The molecule has 1 N–H and O–H groups in total. The monoisotopic (exact) mass is 380 g/mol. The van der Waals surface area contributed by atoms with Gasteiger partial charge in [0.2, 0.25) is 5.69 Å². The highest BCUT2D eigenvalue weighted by Crippen LogP contribution is 2.14. The largest absolute Gasteiger partial charge is 0.497 e. The normalized spacial score (nSPS) is 10.5. The minimum absolute atomic E-state index is 0.0252. The molecule has 144 valence electrons. The maximum atomic E-state index is 13.0. The van der Waals surface area contributed by atoms with Crippen LogP contribution in [0.1, 0.15) is 23.0 Å². The second kappa shape index (κ2) is 8.34. The number of carbonyl (C=O) groups is 1. The molecule has 8 nitrogen and oxygen atoms in total. The van der Waals surface area contributed by atoms with Gasteiger partial charge in [-0.2, -0.15) is 9.78 Å². The third kappa shape index (κ3) is 3.85. The van der Waals surface area contributed by atoms with E-state index in [1.54, 1.807) is 43.3 Å². The molecule has 0 radical (unpaired) electrons. The number of rotatable bonds is 6. The highest BCUT2D eigenvalue weighted by molar-refractivity contribution is 5.91. The number of ether oxygens (including phenoxy) is 1. The minimum Gasteiger partial charge on any atom is -0.497 e. The molecule has 28 heavy (non-hydrogen) atoms. The predicted molar refractivity (Wildman–Crippen MR) is 104 cm³/mol. The molecule has 0 unspecified atom stereocenters. The molecule has 0 aliphatic rings. The molecular weight excluding hydrogens is 360 g/mol. The summed E-state index contributed by atoms with van der Waals surface area (Å²) < 4.78 is 7.24. The Bertz CT molecular complexity index is 1100. The first-order valence-electron chi connectivity index (χ1n) is 8.76. The Morgan fingerprint density at radius 3 is 2.54 bits per heavy atom. The lowest BCUT2D eigenvalue weighted by Gasteiger charge is -2.12. The number of hydrogen-bond acceptors (Lipinski definition) is 5. The lowest BCUT2D eigenvalue weighted by molar-refractivity contribution is 0.0946. The molecule has 0 saturated heterocycles. The van der Waals surface area contributed by atoms with Crippen LogP contribution in [0.15, 0.2) is 64.2 Å². The van der Waals surface area contributed by atoms with Crippen molar-refractivity contribution >= 4 is 5.91 Å². The molecule has 0 spiro atoms. The molecule has 0 bridgehead atoms. The molecule has 0 aliphatic heterocycles. The Kier molecular flexibility index (Phi) is 5.69. The zero-order valence-corrected chi connectivity index (χ0v) is 15.6. The molecule has 0 aliphatic carbocycles. The average molecular weight is 380 g/mol. The summed E-state index contributed by atoms with van der Waals surface area (Å²) >= 11 is 0. The molecular formula is C20H20N4O4. The zero-order valence-electron chi connectivity index (χ0n) is 15.6. The van der Waals surface area contributed by atoms with Crippen LogP contribution < -0.4 is 21.3 Å². The second-order valence-corrected chi connectivity index (χ2v) is 5.98. The summed E-state index contributed by atoms with van der Waals surface area (Å²) in [5.74, 6) is -0.113. The van der Waals surface area contributed by atoms with Crippen molar-refractivity contribution in [2.45, 2.75) is 13.5 Å². The van der Waals surface area contributed by atoms with E-state index in [0.717, 1.165) is 14.8 Å². The van der Waals surface area contributed by atoms with Gasteiger partial charge in [-0.1, -0.05) is 36.4 Å². The van der Waals surface area contributed by atoms with Crippen molar-refractivity contribution in [3.63, 3.8) is 0 Å². The fourth-order valence-corrected chi connectivity index (χ4v) is 2.72. The fraction of sp³-hybridized carbons (Fsp3) is 0.200. The molecule has 3 aromatic rings. The van der Waals surface area contributed by atoms with E-state index in [9.17, 15) is 14.4 Å². The van der Waals surface area contributed by atoms with E-state index in [4.69, 9.17) is 4.74 Å². The minimum atomic E-state index is -0.737. The summed E-state index contributed by atoms with van der Waals surface area (Å²) in [6.45, 7) is 2.09. The van der Waals surface area contributed by atoms with Crippen LogP contribution in [-0.2, 0) is 6.54 Å². The summed E-state index contributed by atoms with van der Waals surface area (Å²) in [6.07, 6.45) is 0. The van der Waals surface area contributed by atoms with Crippen molar-refractivity contribution in [1.29, 1.82) is 0 Å². The van der Waals surface area contributed by atoms with E-state index in [2.05, 4.69) is 10.4 Å². The van der Waals surface area contributed by atoms with E-state index in [0.29, 0.717) is 18.0 Å². The molecule has 2 aromatic carbocycles. The zero-order chi connectivity index (χ0) is 20.1. The van der Waals surface area contributed by atoms with E-state index in [-0.39, 0.29) is 12.2 Å². The lowest BCUT2D eigenvalue weighted by Crippen LogP contribution is -2.46. The molecule has 0 saturated carbocycles. The third-order valence-corrected chi connectivity index (χ3v) is 4.09. The number of hydrogen-bond donors (Lipinski definition) is 1. The highest BCUT2D eigenvalue weighted by atomic mass is 16.5. The van der Waals surface area contributed by atoms with Gasteiger partial charge in [0.05, 0.1) is 19.3 Å². The molecule has 0 atom stereocenters. The van der Waals surface area contributed by atoms with E-state index in [1.165, 1.54) is 7.11 Å². The van der Waals surface area contributed by atoms with Gasteiger partial charge in [-0.05, 0) is 24.6 Å². The quantitative estimate of drug-likeness (QED) is 0.693. The first-order chi connectivity index (χ1) is 13.5. The van der Waals surface area contributed by atoms with Crippen molar-refractivity contribution in [3.8, 4) is 11.4 Å². The van der Waals surface area contributed by atoms with Gasteiger partial charge in [0.25, 0.3) is 11.5 Å². The molecule has 3 rings (SSSR count). The van der Waals surface area contributed by atoms with Gasteiger partial charge in [0.15, 0.2) is 0 Å². The third-order valence-electron chi connectivity index (χ3n) is 4.09. The van der Waals surface area contributed by atoms with Gasteiger partial charge >= 0.3 is 5.69 Å². The molecule has 8 heteroatoms. The summed E-state index contributed by atoms with van der Waals surface area (Å²) in [6, 6.07) is 15.7. The van der Waals surface area contributed by atoms with Gasteiger partial charge in [-0.25, -0.2) is 4.79 Å². The van der Waals surface area contributed by atoms with E-state index < -0.39 is 17.2 Å². The number of amides is 1. The van der Waals surface area contributed by atoms with Crippen LogP contribution in [0.4, 0.5) is 0 Å². The smallest absolute Gasteiger partial charge is 0.352 e. The Labute approximate surface area is 161 Å². The molecule has 1 heterocycles. The van der Waals surface area contributed by atoms with Crippen LogP contribution in [0.25, 0.3) is 5.69 Å². The van der Waals surface area contributed by atoms with Crippen molar-refractivity contribution < 1.29 is 9.53 Å². The predicted octanol–water partition coefficient (Wildman–Crippen LogP) is 1.20.